The number of likely N-dealkylation sites (tertiary alicyclic amines) is 1. The molecule has 2 aromatic carbocycles. The number of halogens is 1. The quantitative estimate of drug-likeness (QED) is 0.157. The van der Waals surface area contributed by atoms with Crippen LogP contribution in [0, 0.1) is 10.8 Å². The summed E-state index contributed by atoms with van der Waals surface area (Å²) < 4.78 is 13.8. The Bertz CT molecular complexity index is 1650. The Kier molecular flexibility index (Phi) is 11.1. The number of anilines is 2. The van der Waals surface area contributed by atoms with E-state index >= 15 is 0 Å². The van der Waals surface area contributed by atoms with E-state index in [1.807, 2.05) is 24.2 Å². The molecule has 7 heteroatoms. The zero-order chi connectivity index (χ0) is 34.3. The number of nitrogens with one attached hydrogen (secondary N) is 3. The molecule has 0 amide bonds. The average Bonchev–Trinajstić information content (AvgIpc) is 3.51. The molecule has 6 rings (SSSR count). The van der Waals surface area contributed by atoms with Gasteiger partial charge in [0.15, 0.2) is 0 Å². The molecule has 0 spiro atoms. The fraction of sp³-hybridized carbons (Fsp3) is 0.381. The van der Waals surface area contributed by atoms with Crippen LogP contribution in [0.4, 0.5) is 15.8 Å². The molecule has 6 nitrogen and oxygen atoms in total. The van der Waals surface area contributed by atoms with E-state index in [2.05, 4.69) is 76.8 Å². The minimum absolute atomic E-state index is 0.264. The first-order valence-electron chi connectivity index (χ1n) is 17.9. The lowest BCUT2D eigenvalue weighted by atomic mass is 9.87. The van der Waals surface area contributed by atoms with Gasteiger partial charge in [-0.1, -0.05) is 36.9 Å². The summed E-state index contributed by atoms with van der Waals surface area (Å²) in [7, 11) is 1.95. The van der Waals surface area contributed by atoms with Gasteiger partial charge in [-0.05, 0) is 136 Å². The van der Waals surface area contributed by atoms with Crippen molar-refractivity contribution in [3.8, 4) is 0 Å². The maximum atomic E-state index is 13.8. The molecule has 1 aliphatic carbocycles. The number of rotatable bonds is 12. The van der Waals surface area contributed by atoms with E-state index in [0.717, 1.165) is 50.4 Å². The molecule has 3 N–H and O–H groups in total. The second-order valence-corrected chi connectivity index (χ2v) is 13.7. The molecular formula is C42H51FN6. The molecule has 2 saturated heterocycles. The molecule has 3 aliphatic heterocycles. The molecule has 49 heavy (non-hydrogen) atoms. The fourth-order valence-corrected chi connectivity index (χ4v) is 7.83. The van der Waals surface area contributed by atoms with E-state index in [9.17, 15) is 4.39 Å². The van der Waals surface area contributed by atoms with E-state index in [4.69, 9.17) is 10.8 Å². The fourth-order valence-electron chi connectivity index (χ4n) is 7.83. The lowest BCUT2D eigenvalue weighted by molar-refractivity contribution is 0.132. The maximum Gasteiger partial charge on any atom is 0.119 e. The number of hydrogen-bond donors (Lipinski definition) is 3. The van der Waals surface area contributed by atoms with Crippen LogP contribution < -0.4 is 15.1 Å². The number of allylic oxidation sites excluding steroid dienone is 8. The Hall–Kier alpha value is -4.49. The third-order valence-electron chi connectivity index (χ3n) is 10.8. The molecule has 2 aromatic rings. The van der Waals surface area contributed by atoms with Crippen LogP contribution in [0.1, 0.15) is 74.3 Å². The highest BCUT2D eigenvalue weighted by Crippen LogP contribution is 2.35. The SMILES string of the molecule is C=CCCC(C(=C)NC)c1ccc(N2CCC(N3CCC(c4ccc(N5C=CC(=N)/C5=C\C(=N)C5=CC(F)=CCC5)cc4)CC3)CC2)cc1. The number of likely N-dealkylation sites (N-methyl/N-ethyl adjacent to an activating group) is 1. The van der Waals surface area contributed by atoms with Crippen LogP contribution in [0.2, 0.25) is 0 Å². The molecule has 1 unspecified atom stereocenters. The molecule has 3 heterocycles. The lowest BCUT2D eigenvalue weighted by Crippen LogP contribution is -2.47. The smallest absolute Gasteiger partial charge is 0.119 e. The molecule has 0 bridgehead atoms. The summed E-state index contributed by atoms with van der Waals surface area (Å²) in [6.45, 7) is 12.6. The lowest BCUT2D eigenvalue weighted by Gasteiger charge is -2.42. The van der Waals surface area contributed by atoms with Crippen LogP contribution >= 0.6 is 0 Å². The van der Waals surface area contributed by atoms with Gasteiger partial charge >= 0.3 is 0 Å². The van der Waals surface area contributed by atoms with E-state index in [1.165, 1.54) is 48.6 Å². The molecular weight excluding hydrogens is 608 g/mol. The van der Waals surface area contributed by atoms with Crippen LogP contribution in [0.3, 0.4) is 0 Å². The molecule has 4 aliphatic rings. The predicted molar refractivity (Wildman–Crippen MR) is 204 cm³/mol. The van der Waals surface area contributed by atoms with Crippen molar-refractivity contribution in [2.75, 3.05) is 43.0 Å². The molecule has 0 radical (unpaired) electrons. The van der Waals surface area contributed by atoms with Crippen molar-refractivity contribution in [1.29, 1.82) is 10.8 Å². The van der Waals surface area contributed by atoms with Gasteiger partial charge in [0, 0.05) is 55.4 Å². The number of nitrogens with zero attached hydrogens (tertiary/aromatic N) is 3. The maximum absolute atomic E-state index is 13.8. The normalized spacial score (nSPS) is 20.7. The summed E-state index contributed by atoms with van der Waals surface area (Å²) in [5, 5.41) is 20.2. The standard InChI is InChI=1S/C42H51FN6/c1-4-5-9-39(30(2)46-3)33-12-14-36(15-13-33)48-25-20-37(21-26-48)47-23-18-32(19-24-47)31-10-16-38(17-11-31)49-27-22-40(44)42(49)29-41(45)34-7-6-8-35(43)28-34/h4,8,10-17,22,27-29,32,37,39,44-46H,1-2,5-7,9,18-21,23-26H2,3H3/b42-29+,44-40?,45-41?. The van der Waals surface area contributed by atoms with E-state index in [1.54, 1.807) is 18.2 Å². The van der Waals surface area contributed by atoms with Gasteiger partial charge in [0.1, 0.15) is 5.83 Å². The molecule has 0 saturated carbocycles. The Balaban J connectivity index is 0.995. The Morgan fingerprint density at radius 3 is 2.35 bits per heavy atom. The van der Waals surface area contributed by atoms with E-state index in [0.29, 0.717) is 47.7 Å². The summed E-state index contributed by atoms with van der Waals surface area (Å²) >= 11 is 0. The first kappa shape index (κ1) is 34.4. The van der Waals surface area contributed by atoms with Crippen molar-refractivity contribution in [1.82, 2.24) is 10.2 Å². The molecule has 2 fully saturated rings. The van der Waals surface area contributed by atoms with Crippen LogP contribution in [-0.2, 0) is 0 Å². The van der Waals surface area contributed by atoms with Gasteiger partial charge in [0.25, 0.3) is 0 Å². The predicted octanol–water partition coefficient (Wildman–Crippen LogP) is 9.15. The zero-order valence-corrected chi connectivity index (χ0v) is 28.9. The molecule has 256 valence electrons. The molecule has 1 atom stereocenters. The summed E-state index contributed by atoms with van der Waals surface area (Å²) in [5.74, 6) is 0.565. The zero-order valence-electron chi connectivity index (χ0n) is 28.9. The van der Waals surface area contributed by atoms with Gasteiger partial charge in [0.05, 0.1) is 17.1 Å². The summed E-state index contributed by atoms with van der Waals surface area (Å²) in [4.78, 5) is 7.24. The average molecular weight is 659 g/mol. The second kappa shape index (κ2) is 15.8. The van der Waals surface area contributed by atoms with Crippen molar-refractivity contribution >= 4 is 22.8 Å². The topological polar surface area (TPSA) is 69.5 Å². The minimum Gasteiger partial charge on any atom is -0.391 e. The van der Waals surface area contributed by atoms with Crippen LogP contribution in [0.25, 0.3) is 0 Å². The number of benzene rings is 2. The van der Waals surface area contributed by atoms with E-state index < -0.39 is 0 Å². The third-order valence-corrected chi connectivity index (χ3v) is 10.8. The summed E-state index contributed by atoms with van der Waals surface area (Å²) in [6.07, 6.45) is 18.3. The highest BCUT2D eigenvalue weighted by atomic mass is 19.1. The van der Waals surface area contributed by atoms with Gasteiger partial charge in [0.2, 0.25) is 0 Å². The van der Waals surface area contributed by atoms with Gasteiger partial charge in [-0.15, -0.1) is 6.58 Å². The van der Waals surface area contributed by atoms with Gasteiger partial charge in [-0.25, -0.2) is 4.39 Å². The highest BCUT2D eigenvalue weighted by molar-refractivity contribution is 6.18. The van der Waals surface area contributed by atoms with E-state index in [-0.39, 0.29) is 11.5 Å². The van der Waals surface area contributed by atoms with Crippen molar-refractivity contribution in [3.05, 3.63) is 132 Å². The Morgan fingerprint density at radius 2 is 1.69 bits per heavy atom. The Labute approximate surface area is 292 Å². The van der Waals surface area contributed by atoms with Crippen LogP contribution in [-0.4, -0.2) is 55.6 Å². The first-order chi connectivity index (χ1) is 23.8. The Morgan fingerprint density at radius 1 is 1.00 bits per heavy atom. The third kappa shape index (κ3) is 8.05. The number of piperidine rings is 2. The second-order valence-electron chi connectivity index (χ2n) is 13.7. The van der Waals surface area contributed by atoms with Gasteiger partial charge in [-0.2, -0.15) is 0 Å². The molecule has 0 aromatic heterocycles. The van der Waals surface area contributed by atoms with Gasteiger partial charge < -0.3 is 25.4 Å². The summed E-state index contributed by atoms with van der Waals surface area (Å²) in [5.41, 5.74) is 7.98. The van der Waals surface area contributed by atoms with Crippen LogP contribution in [0.5, 0.6) is 0 Å². The van der Waals surface area contributed by atoms with Crippen molar-refractivity contribution < 1.29 is 4.39 Å². The van der Waals surface area contributed by atoms with Crippen LogP contribution in [0.15, 0.2) is 121 Å². The van der Waals surface area contributed by atoms with Crippen molar-refractivity contribution in [2.24, 2.45) is 0 Å². The monoisotopic (exact) mass is 658 g/mol. The van der Waals surface area contributed by atoms with Crippen molar-refractivity contribution in [3.63, 3.8) is 0 Å². The minimum atomic E-state index is -0.286. The first-order valence-corrected chi connectivity index (χ1v) is 17.9. The van der Waals surface area contributed by atoms with Crippen molar-refractivity contribution in [2.45, 2.75) is 69.2 Å². The highest BCUT2D eigenvalue weighted by Gasteiger charge is 2.29. The van der Waals surface area contributed by atoms with Gasteiger partial charge in [-0.3, -0.25) is 5.41 Å². The number of hydrogen-bond acceptors (Lipinski definition) is 6. The largest absolute Gasteiger partial charge is 0.391 e. The summed E-state index contributed by atoms with van der Waals surface area (Å²) in [6, 6.07) is 18.5.